The number of hydrogen-bond acceptors (Lipinski definition) is 4. The average molecular weight is 304 g/mol. The molecule has 0 aromatic carbocycles. The van der Waals surface area contributed by atoms with Crippen molar-refractivity contribution in [2.75, 3.05) is 6.54 Å². The summed E-state index contributed by atoms with van der Waals surface area (Å²) in [7, 11) is 0. The highest BCUT2D eigenvalue weighted by atomic mass is 32.1. The number of nitrogens with two attached hydrogens (primary N) is 1. The highest BCUT2D eigenvalue weighted by Crippen LogP contribution is 2.35. The van der Waals surface area contributed by atoms with Crippen LogP contribution < -0.4 is 5.73 Å². The summed E-state index contributed by atoms with van der Waals surface area (Å²) in [6.07, 6.45) is 7.86. The quantitative estimate of drug-likeness (QED) is 0.815. The minimum absolute atomic E-state index is 0.281. The fraction of sp³-hybridized carbons (Fsp3) is 0.562. The summed E-state index contributed by atoms with van der Waals surface area (Å²) in [6.45, 7) is 4.80. The first kappa shape index (κ1) is 14.8. The highest BCUT2D eigenvalue weighted by molar-refractivity contribution is 7.07. The molecule has 1 unspecified atom stereocenters. The van der Waals surface area contributed by atoms with Crippen LogP contribution in [0.1, 0.15) is 43.4 Å². The van der Waals surface area contributed by atoms with Gasteiger partial charge < -0.3 is 5.73 Å². The van der Waals surface area contributed by atoms with Crippen molar-refractivity contribution in [2.45, 2.75) is 51.4 Å². The van der Waals surface area contributed by atoms with Gasteiger partial charge >= 0.3 is 0 Å². The number of aromatic nitrogens is 2. The predicted molar refractivity (Wildman–Crippen MR) is 87.2 cm³/mol. The summed E-state index contributed by atoms with van der Waals surface area (Å²) in [5, 5.41) is 8.86. The van der Waals surface area contributed by atoms with Crippen LogP contribution in [-0.4, -0.2) is 27.3 Å². The van der Waals surface area contributed by atoms with Gasteiger partial charge in [-0.05, 0) is 41.7 Å². The summed E-state index contributed by atoms with van der Waals surface area (Å²) in [5.74, 6) is 0. The van der Waals surface area contributed by atoms with E-state index in [1.807, 2.05) is 10.9 Å². The first-order chi connectivity index (χ1) is 10.3. The first-order valence-electron chi connectivity index (χ1n) is 7.81. The molecule has 0 spiro atoms. The van der Waals surface area contributed by atoms with E-state index >= 15 is 0 Å². The molecule has 2 N–H and O–H groups in total. The fourth-order valence-electron chi connectivity index (χ4n) is 2.86. The molecule has 2 aromatic heterocycles. The normalized spacial score (nSPS) is 16.5. The SMILES string of the molecule is CCCn1cc(C(CN)N(Cc2ccsc2)C2CC2)cn1. The van der Waals surface area contributed by atoms with Gasteiger partial charge in [0, 0.05) is 37.4 Å². The first-order valence-corrected chi connectivity index (χ1v) is 8.75. The molecule has 0 amide bonds. The molecule has 0 bridgehead atoms. The van der Waals surface area contributed by atoms with E-state index in [1.165, 1.54) is 24.0 Å². The molecular formula is C16H24N4S. The maximum atomic E-state index is 6.11. The van der Waals surface area contributed by atoms with Crippen molar-refractivity contribution in [3.8, 4) is 0 Å². The van der Waals surface area contributed by atoms with Crippen molar-refractivity contribution < 1.29 is 0 Å². The molecule has 1 aliphatic carbocycles. The van der Waals surface area contributed by atoms with Gasteiger partial charge in [0.2, 0.25) is 0 Å². The van der Waals surface area contributed by atoms with Gasteiger partial charge in [-0.15, -0.1) is 0 Å². The number of thiophene rings is 1. The van der Waals surface area contributed by atoms with Gasteiger partial charge in [-0.25, -0.2) is 0 Å². The number of aryl methyl sites for hydroxylation is 1. The van der Waals surface area contributed by atoms with Crippen molar-refractivity contribution in [1.82, 2.24) is 14.7 Å². The van der Waals surface area contributed by atoms with Gasteiger partial charge in [-0.2, -0.15) is 16.4 Å². The van der Waals surface area contributed by atoms with E-state index in [0.717, 1.165) is 19.5 Å². The Morgan fingerprint density at radius 1 is 1.52 bits per heavy atom. The molecule has 21 heavy (non-hydrogen) atoms. The van der Waals surface area contributed by atoms with Gasteiger partial charge in [0.15, 0.2) is 0 Å². The Kier molecular flexibility index (Phi) is 4.73. The second-order valence-electron chi connectivity index (χ2n) is 5.82. The molecule has 2 heterocycles. The lowest BCUT2D eigenvalue weighted by Crippen LogP contribution is -2.34. The topological polar surface area (TPSA) is 47.1 Å². The van der Waals surface area contributed by atoms with E-state index in [0.29, 0.717) is 12.6 Å². The van der Waals surface area contributed by atoms with Gasteiger partial charge in [0.1, 0.15) is 0 Å². The minimum atomic E-state index is 0.281. The third-order valence-electron chi connectivity index (χ3n) is 4.08. The smallest absolute Gasteiger partial charge is 0.0538 e. The third kappa shape index (κ3) is 3.54. The molecular weight excluding hydrogens is 280 g/mol. The lowest BCUT2D eigenvalue weighted by Gasteiger charge is -2.30. The molecule has 0 radical (unpaired) electrons. The van der Waals surface area contributed by atoms with E-state index in [1.54, 1.807) is 11.3 Å². The van der Waals surface area contributed by atoms with E-state index in [-0.39, 0.29) is 6.04 Å². The predicted octanol–water partition coefficient (Wildman–Crippen LogP) is 3.02. The monoisotopic (exact) mass is 304 g/mol. The Balaban J connectivity index is 1.77. The lowest BCUT2D eigenvalue weighted by molar-refractivity contribution is 0.182. The molecule has 114 valence electrons. The van der Waals surface area contributed by atoms with Crippen molar-refractivity contribution in [3.63, 3.8) is 0 Å². The van der Waals surface area contributed by atoms with E-state index < -0.39 is 0 Å². The minimum Gasteiger partial charge on any atom is -0.329 e. The van der Waals surface area contributed by atoms with Crippen molar-refractivity contribution >= 4 is 11.3 Å². The van der Waals surface area contributed by atoms with Crippen LogP contribution in [0.15, 0.2) is 29.2 Å². The molecule has 4 nitrogen and oxygen atoms in total. The van der Waals surface area contributed by atoms with Crippen LogP contribution in [0.25, 0.3) is 0 Å². The van der Waals surface area contributed by atoms with Gasteiger partial charge in [-0.3, -0.25) is 9.58 Å². The molecule has 2 aromatic rings. The van der Waals surface area contributed by atoms with Gasteiger partial charge in [0.25, 0.3) is 0 Å². The zero-order chi connectivity index (χ0) is 14.7. The highest BCUT2D eigenvalue weighted by Gasteiger charge is 2.34. The average Bonchev–Trinajstić information content (AvgIpc) is 3.00. The molecule has 3 rings (SSSR count). The molecule has 5 heteroatoms. The number of rotatable bonds is 8. The summed E-state index contributed by atoms with van der Waals surface area (Å²) < 4.78 is 2.04. The standard InChI is InChI=1S/C16H24N4S/c1-2-6-19-11-14(9-18-19)16(8-17)20(15-3-4-15)10-13-5-7-21-12-13/h5,7,9,11-12,15-16H,2-4,6,8,10,17H2,1H3. The molecule has 0 saturated heterocycles. The second-order valence-corrected chi connectivity index (χ2v) is 6.60. The summed E-state index contributed by atoms with van der Waals surface area (Å²) >= 11 is 1.77. The Morgan fingerprint density at radius 2 is 2.38 bits per heavy atom. The number of nitrogens with zero attached hydrogens (tertiary/aromatic N) is 3. The number of hydrogen-bond donors (Lipinski definition) is 1. The fourth-order valence-corrected chi connectivity index (χ4v) is 3.52. The van der Waals surface area contributed by atoms with E-state index in [9.17, 15) is 0 Å². The van der Waals surface area contributed by atoms with Crippen molar-refractivity contribution in [3.05, 3.63) is 40.3 Å². The van der Waals surface area contributed by atoms with Crippen LogP contribution in [0.3, 0.4) is 0 Å². The van der Waals surface area contributed by atoms with Gasteiger partial charge in [0.05, 0.1) is 12.2 Å². The Labute approximate surface area is 130 Å². The molecule has 1 saturated carbocycles. The Bertz CT molecular complexity index is 544. The second kappa shape index (κ2) is 6.73. The van der Waals surface area contributed by atoms with Crippen LogP contribution in [-0.2, 0) is 13.1 Å². The maximum Gasteiger partial charge on any atom is 0.0538 e. The summed E-state index contributed by atoms with van der Waals surface area (Å²) in [5.41, 5.74) is 8.76. The van der Waals surface area contributed by atoms with Crippen molar-refractivity contribution in [2.24, 2.45) is 5.73 Å². The van der Waals surface area contributed by atoms with Crippen LogP contribution in [0, 0.1) is 0 Å². The summed E-state index contributed by atoms with van der Waals surface area (Å²) in [6, 6.07) is 3.18. The molecule has 0 aliphatic heterocycles. The zero-order valence-corrected chi connectivity index (χ0v) is 13.4. The van der Waals surface area contributed by atoms with E-state index in [2.05, 4.69) is 39.9 Å². The maximum absolute atomic E-state index is 6.11. The molecule has 1 aliphatic rings. The van der Waals surface area contributed by atoms with E-state index in [4.69, 9.17) is 5.73 Å². The van der Waals surface area contributed by atoms with Crippen molar-refractivity contribution in [1.29, 1.82) is 0 Å². The lowest BCUT2D eigenvalue weighted by atomic mass is 10.1. The van der Waals surface area contributed by atoms with Crippen LogP contribution >= 0.6 is 11.3 Å². The zero-order valence-electron chi connectivity index (χ0n) is 12.6. The molecule has 1 fully saturated rings. The van der Waals surface area contributed by atoms with Gasteiger partial charge in [-0.1, -0.05) is 6.92 Å². The van der Waals surface area contributed by atoms with Crippen LogP contribution in [0.4, 0.5) is 0 Å². The van der Waals surface area contributed by atoms with Crippen LogP contribution in [0.5, 0.6) is 0 Å². The third-order valence-corrected chi connectivity index (χ3v) is 4.81. The van der Waals surface area contributed by atoms with Crippen LogP contribution in [0.2, 0.25) is 0 Å². The molecule has 1 atom stereocenters. The Hall–Kier alpha value is -1.17. The summed E-state index contributed by atoms with van der Waals surface area (Å²) in [4.78, 5) is 2.56. The largest absolute Gasteiger partial charge is 0.329 e. The Morgan fingerprint density at radius 3 is 3.00 bits per heavy atom.